The van der Waals surface area contributed by atoms with E-state index in [1.54, 1.807) is 6.07 Å². The third kappa shape index (κ3) is 3.91. The van der Waals surface area contributed by atoms with Crippen molar-refractivity contribution in [2.45, 2.75) is 30.7 Å². The van der Waals surface area contributed by atoms with E-state index in [-0.39, 0.29) is 10.9 Å². The van der Waals surface area contributed by atoms with Crippen molar-refractivity contribution in [1.29, 1.82) is 0 Å². The van der Waals surface area contributed by atoms with Gasteiger partial charge in [-0.15, -0.1) is 0 Å². The molecule has 0 atom stereocenters. The van der Waals surface area contributed by atoms with E-state index >= 15 is 0 Å². The second-order valence-corrected chi connectivity index (χ2v) is 6.82. The number of hydrogen-bond acceptors (Lipinski definition) is 5. The lowest BCUT2D eigenvalue weighted by Gasteiger charge is -2.29. The minimum absolute atomic E-state index is 0.0203. The van der Waals surface area contributed by atoms with Crippen LogP contribution in [0.3, 0.4) is 0 Å². The molecule has 0 spiro atoms. The van der Waals surface area contributed by atoms with Gasteiger partial charge in [-0.05, 0) is 46.0 Å². The van der Waals surface area contributed by atoms with Gasteiger partial charge in [-0.1, -0.05) is 0 Å². The number of anilines is 1. The second-order valence-electron chi connectivity index (χ2n) is 5.11. The Balaban J connectivity index is 2.08. The van der Waals surface area contributed by atoms with Crippen LogP contribution in [0.15, 0.2) is 23.2 Å². The minimum atomic E-state index is -3.47. The molecule has 0 aliphatic carbocycles. The first-order valence-corrected chi connectivity index (χ1v) is 8.40. The summed E-state index contributed by atoms with van der Waals surface area (Å²) in [5, 5.41) is 3.02. The zero-order valence-electron chi connectivity index (χ0n) is 12.0. The van der Waals surface area contributed by atoms with Gasteiger partial charge in [-0.3, -0.25) is 0 Å². The highest BCUT2D eigenvalue weighted by molar-refractivity contribution is 7.89. The summed E-state index contributed by atoms with van der Waals surface area (Å²) in [5.41, 5.74) is 0. The van der Waals surface area contributed by atoms with E-state index < -0.39 is 10.0 Å². The number of nitrogens with one attached hydrogen (secondary N) is 2. The molecule has 0 unspecified atom stereocenters. The number of aromatic nitrogens is 1. The summed E-state index contributed by atoms with van der Waals surface area (Å²) in [4.78, 5) is 6.56. The van der Waals surface area contributed by atoms with Gasteiger partial charge in [0.05, 0.1) is 4.90 Å². The SMILES string of the molecule is CCNc1cc(S(=O)(=O)NC2CCN(C)CC2)ccn1. The molecular formula is C13H22N4O2S. The molecule has 1 fully saturated rings. The van der Waals surface area contributed by atoms with Crippen LogP contribution < -0.4 is 10.0 Å². The molecule has 112 valence electrons. The topological polar surface area (TPSA) is 74.3 Å². The number of rotatable bonds is 5. The zero-order valence-corrected chi connectivity index (χ0v) is 12.8. The van der Waals surface area contributed by atoms with Crippen molar-refractivity contribution in [1.82, 2.24) is 14.6 Å². The van der Waals surface area contributed by atoms with E-state index in [1.165, 1.54) is 12.3 Å². The summed E-state index contributed by atoms with van der Waals surface area (Å²) in [7, 11) is -1.41. The number of pyridine rings is 1. The van der Waals surface area contributed by atoms with Crippen LogP contribution in [-0.4, -0.2) is 51.0 Å². The smallest absolute Gasteiger partial charge is 0.241 e. The number of hydrogen-bond donors (Lipinski definition) is 2. The maximum Gasteiger partial charge on any atom is 0.241 e. The third-order valence-electron chi connectivity index (χ3n) is 3.44. The van der Waals surface area contributed by atoms with Gasteiger partial charge in [0, 0.05) is 24.8 Å². The van der Waals surface area contributed by atoms with Crippen molar-refractivity contribution in [3.05, 3.63) is 18.3 Å². The first-order valence-electron chi connectivity index (χ1n) is 6.92. The van der Waals surface area contributed by atoms with Crippen LogP contribution >= 0.6 is 0 Å². The summed E-state index contributed by atoms with van der Waals surface area (Å²) >= 11 is 0. The number of nitrogens with zero attached hydrogens (tertiary/aromatic N) is 2. The van der Waals surface area contributed by atoms with E-state index in [0.717, 1.165) is 25.9 Å². The highest BCUT2D eigenvalue weighted by Crippen LogP contribution is 2.16. The summed E-state index contributed by atoms with van der Waals surface area (Å²) in [5.74, 6) is 0.582. The zero-order chi connectivity index (χ0) is 14.6. The minimum Gasteiger partial charge on any atom is -0.370 e. The van der Waals surface area contributed by atoms with Gasteiger partial charge in [-0.2, -0.15) is 0 Å². The highest BCUT2D eigenvalue weighted by Gasteiger charge is 2.23. The van der Waals surface area contributed by atoms with Crippen LogP contribution in [0.2, 0.25) is 0 Å². The maximum atomic E-state index is 12.4. The lowest BCUT2D eigenvalue weighted by atomic mass is 10.1. The number of likely N-dealkylation sites (tertiary alicyclic amines) is 1. The standard InChI is InChI=1S/C13H22N4O2S/c1-3-14-13-10-12(4-7-15-13)20(18,19)16-11-5-8-17(2)9-6-11/h4,7,10-11,16H,3,5-6,8-9H2,1-2H3,(H,14,15). The number of piperidine rings is 1. The van der Waals surface area contributed by atoms with Gasteiger partial charge < -0.3 is 10.2 Å². The molecule has 2 rings (SSSR count). The van der Waals surface area contributed by atoms with Crippen LogP contribution in [0.1, 0.15) is 19.8 Å². The second kappa shape index (κ2) is 6.51. The van der Waals surface area contributed by atoms with Crippen LogP contribution in [0.25, 0.3) is 0 Å². The van der Waals surface area contributed by atoms with Gasteiger partial charge in [0.2, 0.25) is 10.0 Å². The van der Waals surface area contributed by atoms with Crippen molar-refractivity contribution in [2.24, 2.45) is 0 Å². The van der Waals surface area contributed by atoms with Gasteiger partial charge in [-0.25, -0.2) is 18.1 Å². The Hall–Kier alpha value is -1.18. The Bertz CT molecular complexity index is 539. The molecule has 1 aliphatic heterocycles. The van der Waals surface area contributed by atoms with Crippen LogP contribution in [-0.2, 0) is 10.0 Å². The Morgan fingerprint density at radius 3 is 2.75 bits per heavy atom. The molecule has 0 bridgehead atoms. The molecule has 1 aromatic rings. The van der Waals surface area contributed by atoms with Crippen molar-refractivity contribution >= 4 is 15.8 Å². The van der Waals surface area contributed by atoms with Gasteiger partial charge >= 0.3 is 0 Å². The molecule has 2 heterocycles. The molecule has 6 nitrogen and oxygen atoms in total. The molecule has 7 heteroatoms. The molecule has 0 aromatic carbocycles. The van der Waals surface area contributed by atoms with Crippen LogP contribution in [0, 0.1) is 0 Å². The normalized spacial score (nSPS) is 18.1. The van der Waals surface area contributed by atoms with Crippen molar-refractivity contribution < 1.29 is 8.42 Å². The van der Waals surface area contributed by atoms with E-state index in [2.05, 4.69) is 27.0 Å². The predicted octanol–water partition coefficient (Wildman–Crippen LogP) is 0.886. The Kier molecular flexibility index (Phi) is 4.95. The van der Waals surface area contributed by atoms with Crippen LogP contribution in [0.5, 0.6) is 0 Å². The summed E-state index contributed by atoms with van der Waals surface area (Å²) in [6.45, 7) is 4.50. The fourth-order valence-corrected chi connectivity index (χ4v) is 3.59. The molecule has 0 amide bonds. The Labute approximate surface area is 120 Å². The summed E-state index contributed by atoms with van der Waals surface area (Å²) in [6.07, 6.45) is 3.21. The Morgan fingerprint density at radius 2 is 2.10 bits per heavy atom. The van der Waals surface area contributed by atoms with Gasteiger partial charge in [0.1, 0.15) is 5.82 Å². The number of sulfonamides is 1. The average molecular weight is 298 g/mol. The summed E-state index contributed by atoms with van der Waals surface area (Å²) in [6, 6.07) is 3.12. The van der Waals surface area contributed by atoms with Crippen LogP contribution in [0.4, 0.5) is 5.82 Å². The molecule has 0 radical (unpaired) electrons. The first-order chi connectivity index (χ1) is 9.51. The average Bonchev–Trinajstić information content (AvgIpc) is 2.42. The van der Waals surface area contributed by atoms with E-state index in [0.29, 0.717) is 12.4 Å². The lowest BCUT2D eigenvalue weighted by Crippen LogP contribution is -2.43. The van der Waals surface area contributed by atoms with Gasteiger partial charge in [0.25, 0.3) is 0 Å². The third-order valence-corrected chi connectivity index (χ3v) is 4.96. The highest BCUT2D eigenvalue weighted by atomic mass is 32.2. The maximum absolute atomic E-state index is 12.4. The molecular weight excluding hydrogens is 276 g/mol. The summed E-state index contributed by atoms with van der Waals surface area (Å²) < 4.78 is 27.5. The lowest BCUT2D eigenvalue weighted by molar-refractivity contribution is 0.248. The molecule has 2 N–H and O–H groups in total. The quantitative estimate of drug-likeness (QED) is 0.844. The predicted molar refractivity (Wildman–Crippen MR) is 79.2 cm³/mol. The van der Waals surface area contributed by atoms with E-state index in [1.807, 2.05) is 6.92 Å². The largest absolute Gasteiger partial charge is 0.370 e. The molecule has 1 saturated heterocycles. The molecule has 1 aromatic heterocycles. The molecule has 0 saturated carbocycles. The van der Waals surface area contributed by atoms with E-state index in [9.17, 15) is 8.42 Å². The van der Waals surface area contributed by atoms with Crippen molar-refractivity contribution in [2.75, 3.05) is 32.0 Å². The fraction of sp³-hybridized carbons (Fsp3) is 0.615. The van der Waals surface area contributed by atoms with Crippen molar-refractivity contribution in [3.8, 4) is 0 Å². The van der Waals surface area contributed by atoms with Gasteiger partial charge in [0.15, 0.2) is 0 Å². The molecule has 1 aliphatic rings. The first kappa shape index (κ1) is 15.2. The molecule has 20 heavy (non-hydrogen) atoms. The monoisotopic (exact) mass is 298 g/mol. The fourth-order valence-electron chi connectivity index (χ4n) is 2.27. The van der Waals surface area contributed by atoms with E-state index in [4.69, 9.17) is 0 Å². The van der Waals surface area contributed by atoms with Crippen molar-refractivity contribution in [3.63, 3.8) is 0 Å². The Morgan fingerprint density at radius 1 is 1.40 bits per heavy atom.